The average molecular weight is 347 g/mol. The summed E-state index contributed by atoms with van der Waals surface area (Å²) in [7, 11) is 0. The van der Waals surface area contributed by atoms with Gasteiger partial charge in [0.1, 0.15) is 11.6 Å². The van der Waals surface area contributed by atoms with E-state index in [0.717, 1.165) is 25.9 Å². The van der Waals surface area contributed by atoms with Crippen molar-refractivity contribution in [2.45, 2.75) is 76.7 Å². The van der Waals surface area contributed by atoms with Crippen LogP contribution >= 0.6 is 0 Å². The van der Waals surface area contributed by atoms with Crippen molar-refractivity contribution in [1.29, 1.82) is 5.26 Å². The third-order valence-corrected chi connectivity index (χ3v) is 5.32. The molecule has 1 aliphatic carbocycles. The zero-order chi connectivity index (χ0) is 17.7. The molecule has 0 aromatic rings. The van der Waals surface area contributed by atoms with Crippen molar-refractivity contribution in [3.05, 3.63) is 11.8 Å². The summed E-state index contributed by atoms with van der Waals surface area (Å²) in [4.78, 5) is 14.2. The Bertz CT molecular complexity index is 451. The molecule has 0 unspecified atom stereocenters. The van der Waals surface area contributed by atoms with E-state index in [1.807, 2.05) is 0 Å². The molecule has 25 heavy (non-hydrogen) atoms. The highest BCUT2D eigenvalue weighted by atomic mass is 16.2. The fourth-order valence-electron chi connectivity index (χ4n) is 3.71. The fraction of sp³-hybridized carbons (Fsp3) is 0.800. The molecule has 1 saturated heterocycles. The van der Waals surface area contributed by atoms with Crippen molar-refractivity contribution in [2.75, 3.05) is 26.2 Å². The lowest BCUT2D eigenvalue weighted by atomic mass is 9.98. The van der Waals surface area contributed by atoms with E-state index in [1.165, 1.54) is 57.8 Å². The van der Waals surface area contributed by atoms with Crippen LogP contribution in [0.3, 0.4) is 0 Å². The number of nitrogens with zero attached hydrogens (tertiary/aromatic N) is 2. The zero-order valence-electron chi connectivity index (χ0n) is 15.6. The molecule has 0 radical (unpaired) electrons. The highest BCUT2D eigenvalue weighted by Gasteiger charge is 2.20. The topological polar surface area (TPSA) is 68.2 Å². The molecule has 5 heteroatoms. The number of hydrogen-bond acceptors (Lipinski definition) is 4. The standard InChI is InChI=1S/C20H34N4O/c21-16-18(20(25)24-14-12-22-13-15-24)17-23-19-10-8-6-4-2-1-3-5-7-9-11-19/h17,19,22-23H,1-15H2/b18-17-. The van der Waals surface area contributed by atoms with Crippen LogP contribution in [0.15, 0.2) is 11.8 Å². The SMILES string of the molecule is N#C/C(=C/NC1CCCCCCCCCCC1)C(=O)N1CCNCC1. The maximum atomic E-state index is 12.5. The Labute approximate surface area is 152 Å². The molecule has 0 aromatic carbocycles. The summed E-state index contributed by atoms with van der Waals surface area (Å²) in [6.07, 6.45) is 15.8. The largest absolute Gasteiger partial charge is 0.387 e. The summed E-state index contributed by atoms with van der Waals surface area (Å²) < 4.78 is 0. The minimum atomic E-state index is -0.135. The Morgan fingerprint density at radius 2 is 1.48 bits per heavy atom. The van der Waals surface area contributed by atoms with Gasteiger partial charge in [0.25, 0.3) is 5.91 Å². The number of nitrogens with one attached hydrogen (secondary N) is 2. The fourth-order valence-corrected chi connectivity index (χ4v) is 3.71. The van der Waals surface area contributed by atoms with E-state index in [1.54, 1.807) is 11.1 Å². The molecule has 2 rings (SSSR count). The van der Waals surface area contributed by atoms with Gasteiger partial charge < -0.3 is 15.5 Å². The lowest BCUT2D eigenvalue weighted by molar-refractivity contribution is -0.127. The zero-order valence-corrected chi connectivity index (χ0v) is 15.6. The number of amides is 1. The van der Waals surface area contributed by atoms with E-state index in [9.17, 15) is 10.1 Å². The van der Waals surface area contributed by atoms with Crippen LogP contribution in [0.4, 0.5) is 0 Å². The number of rotatable bonds is 3. The van der Waals surface area contributed by atoms with Crippen molar-refractivity contribution in [3.8, 4) is 6.07 Å². The minimum Gasteiger partial charge on any atom is -0.387 e. The van der Waals surface area contributed by atoms with Crippen LogP contribution in [0.25, 0.3) is 0 Å². The molecule has 5 nitrogen and oxygen atoms in total. The second kappa shape index (κ2) is 11.9. The molecule has 2 aliphatic rings. The highest BCUT2D eigenvalue weighted by Crippen LogP contribution is 2.17. The van der Waals surface area contributed by atoms with Gasteiger partial charge in [-0.2, -0.15) is 5.26 Å². The molecule has 1 heterocycles. The van der Waals surface area contributed by atoms with Gasteiger partial charge in [0.15, 0.2) is 0 Å². The van der Waals surface area contributed by atoms with Gasteiger partial charge in [-0.1, -0.05) is 57.8 Å². The Morgan fingerprint density at radius 1 is 0.960 bits per heavy atom. The molecule has 2 N–H and O–H groups in total. The van der Waals surface area contributed by atoms with Crippen LogP contribution in [0.1, 0.15) is 70.6 Å². The summed E-state index contributed by atoms with van der Waals surface area (Å²) >= 11 is 0. The molecule has 0 spiro atoms. The van der Waals surface area contributed by atoms with E-state index in [0.29, 0.717) is 19.1 Å². The van der Waals surface area contributed by atoms with Gasteiger partial charge in [-0.3, -0.25) is 4.79 Å². The molecule has 140 valence electrons. The van der Waals surface area contributed by atoms with E-state index in [4.69, 9.17) is 0 Å². The van der Waals surface area contributed by atoms with E-state index in [-0.39, 0.29) is 11.5 Å². The van der Waals surface area contributed by atoms with Gasteiger partial charge in [0.2, 0.25) is 0 Å². The van der Waals surface area contributed by atoms with Crippen molar-refractivity contribution >= 4 is 5.91 Å². The average Bonchev–Trinajstić information content (AvgIpc) is 2.64. The van der Waals surface area contributed by atoms with Crippen molar-refractivity contribution < 1.29 is 4.79 Å². The van der Waals surface area contributed by atoms with Gasteiger partial charge in [0, 0.05) is 38.4 Å². The minimum absolute atomic E-state index is 0.135. The monoisotopic (exact) mass is 346 g/mol. The number of piperazine rings is 1. The number of carbonyl (C=O) groups excluding carboxylic acids is 1. The van der Waals surface area contributed by atoms with Crippen LogP contribution in [-0.2, 0) is 4.79 Å². The predicted octanol–water partition coefficient (Wildman–Crippen LogP) is 3.09. The summed E-state index contributed by atoms with van der Waals surface area (Å²) in [5.74, 6) is -0.135. The van der Waals surface area contributed by atoms with Gasteiger partial charge in [-0.05, 0) is 12.8 Å². The maximum Gasteiger partial charge on any atom is 0.266 e. The molecular weight excluding hydrogens is 312 g/mol. The van der Waals surface area contributed by atoms with Gasteiger partial charge in [-0.25, -0.2) is 0 Å². The quantitative estimate of drug-likeness (QED) is 0.609. The van der Waals surface area contributed by atoms with E-state index < -0.39 is 0 Å². The lowest BCUT2D eigenvalue weighted by Gasteiger charge is -2.27. The Morgan fingerprint density at radius 3 is 2.00 bits per heavy atom. The van der Waals surface area contributed by atoms with Crippen LogP contribution in [0, 0.1) is 11.3 Å². The molecular formula is C20H34N4O. The van der Waals surface area contributed by atoms with Crippen LogP contribution in [-0.4, -0.2) is 43.0 Å². The van der Waals surface area contributed by atoms with Crippen molar-refractivity contribution in [2.24, 2.45) is 0 Å². The Balaban J connectivity index is 1.87. The van der Waals surface area contributed by atoms with Gasteiger partial charge >= 0.3 is 0 Å². The molecule has 0 aromatic heterocycles. The Kier molecular flexibility index (Phi) is 9.43. The van der Waals surface area contributed by atoms with Crippen LogP contribution < -0.4 is 10.6 Å². The second-order valence-electron chi connectivity index (χ2n) is 7.33. The number of hydrogen-bond donors (Lipinski definition) is 2. The number of carbonyl (C=O) groups is 1. The third-order valence-electron chi connectivity index (χ3n) is 5.32. The van der Waals surface area contributed by atoms with Crippen LogP contribution in [0.5, 0.6) is 0 Å². The molecule has 0 bridgehead atoms. The van der Waals surface area contributed by atoms with Crippen molar-refractivity contribution in [1.82, 2.24) is 15.5 Å². The molecule has 1 saturated carbocycles. The van der Waals surface area contributed by atoms with E-state index >= 15 is 0 Å². The summed E-state index contributed by atoms with van der Waals surface area (Å²) in [5, 5.41) is 16.0. The van der Waals surface area contributed by atoms with E-state index in [2.05, 4.69) is 16.7 Å². The first-order valence-corrected chi connectivity index (χ1v) is 10.2. The van der Waals surface area contributed by atoms with Crippen LogP contribution in [0.2, 0.25) is 0 Å². The van der Waals surface area contributed by atoms with Crippen molar-refractivity contribution in [3.63, 3.8) is 0 Å². The maximum absolute atomic E-state index is 12.5. The summed E-state index contributed by atoms with van der Waals surface area (Å²) in [6.45, 7) is 2.98. The third kappa shape index (κ3) is 7.48. The summed E-state index contributed by atoms with van der Waals surface area (Å²) in [5.41, 5.74) is 0.244. The second-order valence-corrected chi connectivity index (χ2v) is 7.33. The normalized spacial score (nSPS) is 22.4. The number of nitriles is 1. The smallest absolute Gasteiger partial charge is 0.266 e. The highest BCUT2D eigenvalue weighted by molar-refractivity contribution is 5.97. The first-order chi connectivity index (χ1) is 12.3. The first kappa shape index (κ1) is 19.8. The lowest BCUT2D eigenvalue weighted by Crippen LogP contribution is -2.47. The Hall–Kier alpha value is -1.54. The molecule has 1 aliphatic heterocycles. The molecule has 2 fully saturated rings. The molecule has 0 atom stereocenters. The van der Waals surface area contributed by atoms with Gasteiger partial charge in [-0.15, -0.1) is 0 Å². The summed E-state index contributed by atoms with van der Waals surface area (Å²) in [6, 6.07) is 2.48. The predicted molar refractivity (Wildman–Crippen MR) is 101 cm³/mol. The van der Waals surface area contributed by atoms with Gasteiger partial charge in [0.05, 0.1) is 0 Å². The molecule has 1 amide bonds. The first-order valence-electron chi connectivity index (χ1n) is 10.2.